The van der Waals surface area contributed by atoms with E-state index in [1.807, 2.05) is 24.4 Å². The number of aliphatic hydroxyl groups excluding tert-OH is 1. The molecule has 3 aliphatic rings. The highest BCUT2D eigenvalue weighted by molar-refractivity contribution is 5.86. The maximum Gasteiger partial charge on any atom is 0.328 e. The van der Waals surface area contributed by atoms with E-state index in [0.717, 1.165) is 73.4 Å². The number of guanidine groups is 1. The largest absolute Gasteiger partial charge is 0.478 e. The number of anilines is 1. The Morgan fingerprint density at radius 3 is 2.54 bits per heavy atom. The number of aliphatic carboxylic acids is 1. The molecule has 0 radical (unpaired) electrons. The lowest BCUT2D eigenvalue weighted by molar-refractivity contribution is -0.131. The number of hydrogen-bond donors (Lipinski definition) is 8. The summed E-state index contributed by atoms with van der Waals surface area (Å²) in [6.07, 6.45) is 12.0. The second-order valence-corrected chi connectivity index (χ2v) is 15.6. The minimum absolute atomic E-state index is 0.0936. The fourth-order valence-corrected chi connectivity index (χ4v) is 9.52. The molecule has 0 spiro atoms. The van der Waals surface area contributed by atoms with Gasteiger partial charge in [-0.3, -0.25) is 4.99 Å². The van der Waals surface area contributed by atoms with E-state index in [1.165, 1.54) is 22.6 Å². The minimum atomic E-state index is -1.42. The molecule has 8 atom stereocenters. The van der Waals surface area contributed by atoms with Crippen LogP contribution in [0.2, 0.25) is 0 Å². The van der Waals surface area contributed by atoms with Gasteiger partial charge in [0.1, 0.15) is 18.4 Å². The van der Waals surface area contributed by atoms with Crippen molar-refractivity contribution >= 4 is 41.1 Å². The number of carbonyl (C=O) groups is 3. The number of fused-ring (bicyclic) bond motifs is 5. The average molecular weight is 741 g/mol. The van der Waals surface area contributed by atoms with E-state index < -0.39 is 12.3 Å². The number of H-pyrrole nitrogens is 1. The predicted octanol–water partition coefficient (Wildman–Crippen LogP) is 4.86. The van der Waals surface area contributed by atoms with E-state index >= 15 is 0 Å². The van der Waals surface area contributed by atoms with Gasteiger partial charge in [0.2, 0.25) is 0 Å². The topological polar surface area (TPSA) is 216 Å². The van der Waals surface area contributed by atoms with Crippen LogP contribution in [-0.2, 0) is 20.8 Å². The summed E-state index contributed by atoms with van der Waals surface area (Å²) in [4.78, 5) is 43.2. The van der Waals surface area contributed by atoms with Gasteiger partial charge >= 0.3 is 5.97 Å². The molecule has 12 heteroatoms. The zero-order valence-electron chi connectivity index (χ0n) is 30.9. The van der Waals surface area contributed by atoms with Gasteiger partial charge in [-0.2, -0.15) is 0 Å². The van der Waals surface area contributed by atoms with Crippen molar-refractivity contribution in [2.75, 3.05) is 11.9 Å². The molecule has 2 aromatic carbocycles. The van der Waals surface area contributed by atoms with Gasteiger partial charge in [0.25, 0.3) is 0 Å². The maximum atomic E-state index is 12.5. The highest BCUT2D eigenvalue weighted by atomic mass is 16.5. The zero-order chi connectivity index (χ0) is 38.2. The molecule has 8 unspecified atom stereocenters. The molecule has 290 valence electrons. The van der Waals surface area contributed by atoms with Gasteiger partial charge in [-0.25, -0.2) is 4.79 Å². The van der Waals surface area contributed by atoms with Crippen LogP contribution in [0.15, 0.2) is 65.3 Å². The molecule has 10 N–H and O–H groups in total. The first-order valence-electron chi connectivity index (χ1n) is 19.6. The average Bonchev–Trinajstić information content (AvgIpc) is 3.67. The lowest BCUT2D eigenvalue weighted by Crippen LogP contribution is -2.51. The number of aromatic nitrogens is 1. The quantitative estimate of drug-likeness (QED) is 0.0475. The number of carboxylic acids is 1. The molecular formula is C42H56N6O6. The van der Waals surface area contributed by atoms with Crippen LogP contribution in [0.5, 0.6) is 0 Å². The molecule has 1 saturated carbocycles. The Labute approximate surface area is 316 Å². The van der Waals surface area contributed by atoms with E-state index in [0.29, 0.717) is 50.5 Å². The van der Waals surface area contributed by atoms with Crippen LogP contribution < -0.4 is 22.1 Å². The van der Waals surface area contributed by atoms with Crippen LogP contribution >= 0.6 is 0 Å². The lowest BCUT2D eigenvalue weighted by atomic mass is 9.56. The van der Waals surface area contributed by atoms with Crippen molar-refractivity contribution in [1.29, 1.82) is 0 Å². The van der Waals surface area contributed by atoms with Crippen LogP contribution in [0.1, 0.15) is 99.2 Å². The van der Waals surface area contributed by atoms with E-state index in [4.69, 9.17) is 11.5 Å². The highest BCUT2D eigenvalue weighted by Crippen LogP contribution is 2.56. The number of aldehydes is 2. The third-order valence-electron chi connectivity index (χ3n) is 12.1. The molecule has 1 fully saturated rings. The van der Waals surface area contributed by atoms with Crippen molar-refractivity contribution in [2.45, 2.75) is 113 Å². The summed E-state index contributed by atoms with van der Waals surface area (Å²) in [7, 11) is 0. The predicted molar refractivity (Wildman–Crippen MR) is 210 cm³/mol. The maximum absolute atomic E-state index is 12.5. The number of nitrogens with one attached hydrogen (secondary N) is 3. The molecule has 6 rings (SSSR count). The standard InChI is InChI=1S/C42H56N6O6/c43-30(11-7-26(24-50)8-13-39(51)52)3-1-4-31-34-21-28(33-20-27-9-6-25(15-18-49)19-29(27)22-35(31)33)10-12-32(34)41(48-38-5-2-16-45-38)36(23-40(53)54)37-14-17-46-42(44)47-37/h2,5-6,9,16,18-20,22-24,26,28,30-32,34,37,39,41,45,48,51-52H,1,3-4,7-8,10-15,17,21,43H2,(H,53,54)(H3,44,46,47). The van der Waals surface area contributed by atoms with Crippen LogP contribution in [0, 0.1) is 17.8 Å². The smallest absolute Gasteiger partial charge is 0.328 e. The second kappa shape index (κ2) is 18.2. The Morgan fingerprint density at radius 2 is 1.81 bits per heavy atom. The molecule has 12 nitrogen and oxygen atoms in total. The molecule has 0 saturated heterocycles. The third kappa shape index (κ3) is 9.58. The van der Waals surface area contributed by atoms with Gasteiger partial charge in [-0.15, -0.1) is 0 Å². The molecule has 2 heterocycles. The van der Waals surface area contributed by atoms with Crippen LogP contribution in [0.4, 0.5) is 5.82 Å². The van der Waals surface area contributed by atoms with Gasteiger partial charge in [-0.05, 0) is 133 Å². The number of hydrogen-bond acceptors (Lipinski definition) is 10. The molecule has 0 amide bonds. The van der Waals surface area contributed by atoms with E-state index in [2.05, 4.69) is 44.9 Å². The SMILES string of the molecule is NC1=NCCC(C(=CC(=O)O)C(Nc2ccc[nH]2)C2CCC3CC2C(CCCC(N)CCC(C=O)CCC(O)O)c2cc4cc(CC=O)ccc4cc23)N1. The molecule has 2 bridgehead atoms. The fraction of sp³-hybridized carbons (Fsp3) is 0.524. The highest BCUT2D eigenvalue weighted by Gasteiger charge is 2.46. The van der Waals surface area contributed by atoms with Gasteiger partial charge in [-0.1, -0.05) is 36.8 Å². The van der Waals surface area contributed by atoms with E-state index in [-0.39, 0.29) is 48.2 Å². The van der Waals surface area contributed by atoms with Gasteiger partial charge in [0.05, 0.1) is 12.1 Å². The number of nitrogens with zero attached hydrogens (tertiary/aromatic N) is 1. The first kappa shape index (κ1) is 39.2. The normalized spacial score (nSPS) is 24.2. The summed E-state index contributed by atoms with van der Waals surface area (Å²) in [5.74, 6) is 0.807. The molecule has 2 aliphatic carbocycles. The van der Waals surface area contributed by atoms with Gasteiger partial charge < -0.3 is 52.0 Å². The Morgan fingerprint density at radius 1 is 1.00 bits per heavy atom. The van der Waals surface area contributed by atoms with Crippen molar-refractivity contribution in [2.24, 2.45) is 34.2 Å². The fourth-order valence-electron chi connectivity index (χ4n) is 9.52. The molecule has 1 aromatic heterocycles. The Balaban J connectivity index is 1.33. The summed E-state index contributed by atoms with van der Waals surface area (Å²) < 4.78 is 0. The number of nitrogens with two attached hydrogens (primary N) is 2. The summed E-state index contributed by atoms with van der Waals surface area (Å²) >= 11 is 0. The van der Waals surface area contributed by atoms with Gasteiger partial charge in [0, 0.05) is 37.2 Å². The Kier molecular flexibility index (Phi) is 13.2. The van der Waals surface area contributed by atoms with Crippen molar-refractivity contribution < 1.29 is 29.7 Å². The first-order valence-corrected chi connectivity index (χ1v) is 19.6. The monoisotopic (exact) mass is 740 g/mol. The summed E-state index contributed by atoms with van der Waals surface area (Å²) in [5, 5.41) is 38.1. The number of carbonyl (C=O) groups excluding carboxylic acids is 2. The molecular weight excluding hydrogens is 684 g/mol. The zero-order valence-corrected chi connectivity index (χ0v) is 30.9. The number of carboxylic acid groups (broad SMARTS) is 1. The summed E-state index contributed by atoms with van der Waals surface area (Å²) in [6.45, 7) is 0.512. The molecule has 54 heavy (non-hydrogen) atoms. The van der Waals surface area contributed by atoms with Crippen molar-refractivity contribution in [3.8, 4) is 0 Å². The summed E-state index contributed by atoms with van der Waals surface area (Å²) in [6, 6.07) is 14.2. The number of aliphatic hydroxyl groups is 2. The number of aliphatic imine (C=N–C) groups is 1. The minimum Gasteiger partial charge on any atom is -0.478 e. The Hall–Kier alpha value is -4.52. The lowest BCUT2D eigenvalue weighted by Gasteiger charge is -2.50. The molecule has 3 aromatic rings. The molecule has 1 aliphatic heterocycles. The first-order chi connectivity index (χ1) is 26.1. The van der Waals surface area contributed by atoms with Crippen molar-refractivity contribution in [1.82, 2.24) is 10.3 Å². The Bertz CT molecular complexity index is 1810. The van der Waals surface area contributed by atoms with Gasteiger partial charge in [0.15, 0.2) is 12.2 Å². The van der Waals surface area contributed by atoms with E-state index in [9.17, 15) is 29.7 Å². The third-order valence-corrected chi connectivity index (χ3v) is 12.1. The van der Waals surface area contributed by atoms with E-state index in [1.54, 1.807) is 0 Å². The van der Waals surface area contributed by atoms with Crippen LogP contribution in [-0.4, -0.2) is 75.8 Å². The second-order valence-electron chi connectivity index (χ2n) is 15.6. The van der Waals surface area contributed by atoms with Crippen molar-refractivity contribution in [3.63, 3.8) is 0 Å². The van der Waals surface area contributed by atoms with Crippen LogP contribution in [0.25, 0.3) is 10.8 Å². The number of benzene rings is 2. The van der Waals surface area contributed by atoms with Crippen molar-refractivity contribution in [3.05, 3.63) is 77.0 Å². The van der Waals surface area contributed by atoms with Crippen LogP contribution in [0.3, 0.4) is 0 Å². The summed E-state index contributed by atoms with van der Waals surface area (Å²) in [5.41, 5.74) is 17.3. The number of aromatic amines is 1. The number of rotatable bonds is 19.